The number of nitrogens with one attached hydrogen (secondary N) is 1. The monoisotopic (exact) mass is 363 g/mol. The van der Waals surface area contributed by atoms with Gasteiger partial charge in [-0.25, -0.2) is 4.79 Å². The molecule has 0 saturated carbocycles. The van der Waals surface area contributed by atoms with Gasteiger partial charge in [-0.15, -0.1) is 0 Å². The molecule has 0 aliphatic carbocycles. The summed E-state index contributed by atoms with van der Waals surface area (Å²) in [5.74, 6) is 1.67. The maximum absolute atomic E-state index is 12.4. The molecule has 6 nitrogen and oxygen atoms in total. The predicted octanol–water partition coefficient (Wildman–Crippen LogP) is 2.85. The van der Waals surface area contributed by atoms with E-state index in [1.165, 1.54) is 5.56 Å². The highest BCUT2D eigenvalue weighted by Crippen LogP contribution is 2.32. The van der Waals surface area contributed by atoms with E-state index in [1.54, 1.807) is 0 Å². The molecule has 0 bridgehead atoms. The van der Waals surface area contributed by atoms with E-state index < -0.39 is 0 Å². The lowest BCUT2D eigenvalue weighted by Gasteiger charge is -2.26. The number of fused-ring (bicyclic) bond motifs is 2. The third-order valence-electron chi connectivity index (χ3n) is 5.30. The minimum atomic E-state index is -0.0590. The molecule has 0 atom stereocenters. The van der Waals surface area contributed by atoms with Gasteiger partial charge in [-0.2, -0.15) is 0 Å². The number of H-pyrrole nitrogens is 1. The van der Waals surface area contributed by atoms with Gasteiger partial charge in [0.25, 0.3) is 0 Å². The lowest BCUT2D eigenvalue weighted by Crippen LogP contribution is -2.32. The molecule has 0 unspecified atom stereocenters. The van der Waals surface area contributed by atoms with Crippen molar-refractivity contribution in [1.82, 2.24) is 14.5 Å². The number of para-hydroxylation sites is 2. The van der Waals surface area contributed by atoms with Crippen LogP contribution in [0.3, 0.4) is 0 Å². The van der Waals surface area contributed by atoms with Crippen LogP contribution in [0, 0.1) is 0 Å². The number of nitrogens with zero attached hydrogens (tertiary/aromatic N) is 2. The summed E-state index contributed by atoms with van der Waals surface area (Å²) in [7, 11) is 0. The smallest absolute Gasteiger partial charge is 0.330 e. The van der Waals surface area contributed by atoms with E-state index in [0.717, 1.165) is 60.7 Å². The highest BCUT2D eigenvalue weighted by Gasteiger charge is 2.17. The molecule has 3 aromatic rings. The summed E-state index contributed by atoms with van der Waals surface area (Å²) < 4.78 is 12.6. The van der Waals surface area contributed by atoms with Gasteiger partial charge in [-0.3, -0.25) is 9.47 Å². The van der Waals surface area contributed by atoms with Crippen LogP contribution in [-0.2, 0) is 6.42 Å². The number of rotatable bonds is 4. The van der Waals surface area contributed by atoms with Crippen molar-refractivity contribution in [2.45, 2.75) is 12.8 Å². The first-order valence-corrected chi connectivity index (χ1v) is 9.28. The zero-order chi connectivity index (χ0) is 18.2. The Labute approximate surface area is 156 Å². The third-order valence-corrected chi connectivity index (χ3v) is 5.30. The molecule has 6 heteroatoms. The number of imidazole rings is 1. The highest BCUT2D eigenvalue weighted by atomic mass is 16.7. The van der Waals surface area contributed by atoms with Gasteiger partial charge in [0, 0.05) is 31.8 Å². The van der Waals surface area contributed by atoms with Crippen LogP contribution in [0.2, 0.25) is 0 Å². The van der Waals surface area contributed by atoms with Gasteiger partial charge >= 0.3 is 5.69 Å². The van der Waals surface area contributed by atoms with Gasteiger partial charge in [-0.1, -0.05) is 24.3 Å². The van der Waals surface area contributed by atoms with Crippen molar-refractivity contribution in [3.63, 3.8) is 0 Å². The molecule has 5 rings (SSSR count). The summed E-state index contributed by atoms with van der Waals surface area (Å²) in [6.07, 6.45) is 4.00. The summed E-state index contributed by atoms with van der Waals surface area (Å²) >= 11 is 0. The summed E-state index contributed by atoms with van der Waals surface area (Å²) in [4.78, 5) is 17.7. The lowest BCUT2D eigenvalue weighted by molar-refractivity contribution is 0.174. The highest BCUT2D eigenvalue weighted by molar-refractivity contribution is 5.79. The Bertz CT molecular complexity index is 1080. The van der Waals surface area contributed by atoms with Crippen LogP contribution >= 0.6 is 0 Å². The van der Waals surface area contributed by atoms with E-state index in [0.29, 0.717) is 6.79 Å². The average molecular weight is 363 g/mol. The van der Waals surface area contributed by atoms with Gasteiger partial charge < -0.3 is 14.5 Å². The first-order chi connectivity index (χ1) is 13.3. The molecular formula is C21H21N3O3. The Morgan fingerprint density at radius 1 is 1.07 bits per heavy atom. The number of benzene rings is 2. The zero-order valence-electron chi connectivity index (χ0n) is 15.0. The van der Waals surface area contributed by atoms with Gasteiger partial charge in [0.1, 0.15) is 0 Å². The molecule has 0 fully saturated rings. The van der Waals surface area contributed by atoms with Gasteiger partial charge in [0.15, 0.2) is 11.5 Å². The predicted molar refractivity (Wildman–Crippen MR) is 104 cm³/mol. The standard InChI is InChI=1S/C21H21N3O3/c25-21-22-17-3-1-2-4-18(17)24(21)16-8-11-23(12-9-16)10-7-15-5-6-19-20(13-15)27-14-26-19/h1-6,8,13H,7,9-12,14H2,(H,22,25). The molecule has 2 aliphatic heterocycles. The molecule has 138 valence electrons. The Kier molecular flexibility index (Phi) is 3.98. The summed E-state index contributed by atoms with van der Waals surface area (Å²) in [5.41, 5.74) is 4.10. The van der Waals surface area contributed by atoms with Crippen LogP contribution in [-0.4, -0.2) is 40.9 Å². The molecule has 0 radical (unpaired) electrons. The Hall–Kier alpha value is -2.99. The van der Waals surface area contributed by atoms with Crippen molar-refractivity contribution >= 4 is 16.7 Å². The summed E-state index contributed by atoms with van der Waals surface area (Å²) in [6.45, 7) is 3.09. The fraction of sp³-hybridized carbons (Fsp3) is 0.286. The van der Waals surface area contributed by atoms with E-state index in [2.05, 4.69) is 28.1 Å². The number of ether oxygens (including phenoxy) is 2. The quantitative estimate of drug-likeness (QED) is 0.774. The maximum atomic E-state index is 12.4. The van der Waals surface area contributed by atoms with Crippen molar-refractivity contribution in [2.75, 3.05) is 26.4 Å². The average Bonchev–Trinajstić information content (AvgIpc) is 3.29. The third kappa shape index (κ3) is 3.02. The van der Waals surface area contributed by atoms with Gasteiger partial charge in [0.05, 0.1) is 11.0 Å². The second kappa shape index (κ2) is 6.63. The molecule has 27 heavy (non-hydrogen) atoms. The Morgan fingerprint density at radius 3 is 2.85 bits per heavy atom. The topological polar surface area (TPSA) is 59.5 Å². The fourth-order valence-electron chi connectivity index (χ4n) is 3.83. The molecular weight excluding hydrogens is 342 g/mol. The minimum Gasteiger partial charge on any atom is -0.454 e. The van der Waals surface area contributed by atoms with Crippen LogP contribution < -0.4 is 15.2 Å². The molecule has 0 saturated heterocycles. The number of aromatic nitrogens is 2. The first kappa shape index (κ1) is 16.2. The second-order valence-corrected chi connectivity index (χ2v) is 6.97. The van der Waals surface area contributed by atoms with Crippen molar-refractivity contribution in [1.29, 1.82) is 0 Å². The van der Waals surface area contributed by atoms with Crippen molar-refractivity contribution in [3.05, 3.63) is 64.6 Å². The van der Waals surface area contributed by atoms with Crippen molar-refractivity contribution in [2.24, 2.45) is 0 Å². The van der Waals surface area contributed by atoms with Crippen molar-refractivity contribution < 1.29 is 9.47 Å². The summed E-state index contributed by atoms with van der Waals surface area (Å²) in [6, 6.07) is 14.0. The van der Waals surface area contributed by atoms with Crippen LogP contribution in [0.15, 0.2) is 53.3 Å². The van der Waals surface area contributed by atoms with Gasteiger partial charge in [-0.05, 0) is 36.2 Å². The molecule has 1 aromatic heterocycles. The first-order valence-electron chi connectivity index (χ1n) is 9.28. The van der Waals surface area contributed by atoms with Crippen LogP contribution in [0.4, 0.5) is 0 Å². The normalized spacial score (nSPS) is 16.7. The molecule has 3 heterocycles. The molecule has 0 spiro atoms. The van der Waals surface area contributed by atoms with E-state index in [-0.39, 0.29) is 5.69 Å². The largest absolute Gasteiger partial charge is 0.454 e. The van der Waals surface area contributed by atoms with E-state index in [1.807, 2.05) is 34.9 Å². The maximum Gasteiger partial charge on any atom is 0.330 e. The fourth-order valence-corrected chi connectivity index (χ4v) is 3.83. The van der Waals surface area contributed by atoms with E-state index >= 15 is 0 Å². The van der Waals surface area contributed by atoms with Crippen LogP contribution in [0.5, 0.6) is 11.5 Å². The molecule has 0 amide bonds. The molecule has 2 aliphatic rings. The minimum absolute atomic E-state index is 0.0590. The Balaban J connectivity index is 1.27. The van der Waals surface area contributed by atoms with Crippen molar-refractivity contribution in [3.8, 4) is 11.5 Å². The van der Waals surface area contributed by atoms with E-state index in [4.69, 9.17) is 9.47 Å². The molecule has 1 N–H and O–H groups in total. The van der Waals surface area contributed by atoms with Crippen LogP contribution in [0.1, 0.15) is 12.0 Å². The van der Waals surface area contributed by atoms with Gasteiger partial charge in [0.2, 0.25) is 6.79 Å². The van der Waals surface area contributed by atoms with Crippen LogP contribution in [0.25, 0.3) is 16.7 Å². The number of aromatic amines is 1. The summed E-state index contributed by atoms with van der Waals surface area (Å²) in [5, 5.41) is 0. The number of hydrogen-bond donors (Lipinski definition) is 1. The Morgan fingerprint density at radius 2 is 1.96 bits per heavy atom. The second-order valence-electron chi connectivity index (χ2n) is 6.97. The van der Waals surface area contributed by atoms with E-state index in [9.17, 15) is 4.79 Å². The SMILES string of the molecule is O=c1[nH]c2ccccc2n1C1=CCN(CCc2ccc3c(c2)OCO3)CC1. The zero-order valence-corrected chi connectivity index (χ0v) is 15.0. The lowest BCUT2D eigenvalue weighted by atomic mass is 10.1. The number of hydrogen-bond acceptors (Lipinski definition) is 4. The molecule has 2 aromatic carbocycles.